The molecule has 1 rings (SSSR count). The Hall–Kier alpha value is -0.360. The third-order valence-corrected chi connectivity index (χ3v) is 3.29. The fraction of sp³-hybridized carbons (Fsp3) is 1.00. The van der Waals surface area contributed by atoms with Crippen LogP contribution in [-0.2, 0) is 4.74 Å². The molecule has 6 heteroatoms. The molecule has 0 aromatic heterocycles. The van der Waals surface area contributed by atoms with E-state index in [-0.39, 0.29) is 11.6 Å². The molecule has 0 aromatic rings. The third kappa shape index (κ3) is 4.10. The number of nitrogens with one attached hydrogen (secondary N) is 1. The Morgan fingerprint density at radius 3 is 2.65 bits per heavy atom. The van der Waals surface area contributed by atoms with Crippen molar-refractivity contribution in [2.24, 2.45) is 0 Å². The molecule has 1 aliphatic heterocycles. The van der Waals surface area contributed by atoms with Crippen molar-refractivity contribution in [1.29, 1.82) is 0 Å². The molecule has 1 saturated heterocycles. The molecule has 0 amide bonds. The minimum Gasteiger partial charge on any atom is -0.375 e. The van der Waals surface area contributed by atoms with Crippen molar-refractivity contribution >= 4 is 0 Å². The van der Waals surface area contributed by atoms with Gasteiger partial charge >= 0.3 is 12.3 Å². The zero-order chi connectivity index (χ0) is 13.1. The van der Waals surface area contributed by atoms with Crippen molar-refractivity contribution in [3.05, 3.63) is 0 Å². The summed E-state index contributed by atoms with van der Waals surface area (Å²) in [5, 5.41) is 2.52. The number of hydrogen-bond acceptors (Lipinski definition) is 2. The number of ether oxygens (including phenoxy) is 1. The summed E-state index contributed by atoms with van der Waals surface area (Å²) in [5.74, 6) is -3.96. The van der Waals surface area contributed by atoms with Crippen molar-refractivity contribution in [3.63, 3.8) is 0 Å². The second-order valence-electron chi connectivity index (χ2n) is 4.78. The molecule has 0 aromatic carbocycles. The maximum atomic E-state index is 12.7. The van der Waals surface area contributed by atoms with Gasteiger partial charge in [-0.3, -0.25) is 0 Å². The van der Waals surface area contributed by atoms with Crippen molar-refractivity contribution < 1.29 is 22.3 Å². The van der Waals surface area contributed by atoms with Crippen LogP contribution in [0.2, 0.25) is 0 Å². The zero-order valence-electron chi connectivity index (χ0n) is 10.1. The number of alkyl halides is 4. The summed E-state index contributed by atoms with van der Waals surface area (Å²) in [5.41, 5.74) is -0.337. The standard InChI is InChI=1S/C11H19F4NO/c1-3-10(2)6-8(4-5-17-10)16-7-11(14,15)9(12)13/h8-9,16H,3-7H2,1-2H3. The molecule has 1 heterocycles. The monoisotopic (exact) mass is 257 g/mol. The van der Waals surface area contributed by atoms with Gasteiger partial charge in [-0.05, 0) is 26.2 Å². The second kappa shape index (κ2) is 5.52. The summed E-state index contributed by atoms with van der Waals surface area (Å²) in [4.78, 5) is 0. The van der Waals surface area contributed by atoms with Gasteiger partial charge in [0.05, 0.1) is 12.1 Å². The minimum absolute atomic E-state index is 0.182. The van der Waals surface area contributed by atoms with Crippen LogP contribution in [0, 0.1) is 0 Å². The second-order valence-corrected chi connectivity index (χ2v) is 4.78. The van der Waals surface area contributed by atoms with Crippen molar-refractivity contribution in [3.8, 4) is 0 Å². The molecule has 1 N–H and O–H groups in total. The lowest BCUT2D eigenvalue weighted by Crippen LogP contribution is -2.49. The molecule has 2 nitrogen and oxygen atoms in total. The summed E-state index contributed by atoms with van der Waals surface area (Å²) in [6.45, 7) is 3.36. The summed E-state index contributed by atoms with van der Waals surface area (Å²) in [6.07, 6.45) is -1.69. The lowest BCUT2D eigenvalue weighted by Gasteiger charge is -2.38. The van der Waals surface area contributed by atoms with Gasteiger partial charge < -0.3 is 10.1 Å². The molecule has 1 aliphatic rings. The lowest BCUT2D eigenvalue weighted by atomic mass is 9.90. The van der Waals surface area contributed by atoms with Gasteiger partial charge in [0.2, 0.25) is 0 Å². The van der Waals surface area contributed by atoms with Gasteiger partial charge in [-0.15, -0.1) is 0 Å². The van der Waals surface area contributed by atoms with E-state index in [1.54, 1.807) is 0 Å². The van der Waals surface area contributed by atoms with Crippen LogP contribution in [0.5, 0.6) is 0 Å². The fourth-order valence-electron chi connectivity index (χ4n) is 1.91. The summed E-state index contributed by atoms with van der Waals surface area (Å²) >= 11 is 0. The molecule has 0 aliphatic carbocycles. The van der Waals surface area contributed by atoms with E-state index in [1.807, 2.05) is 13.8 Å². The van der Waals surface area contributed by atoms with Gasteiger partial charge in [0.15, 0.2) is 0 Å². The van der Waals surface area contributed by atoms with Crippen LogP contribution >= 0.6 is 0 Å². The molecular formula is C11H19F4NO. The summed E-state index contributed by atoms with van der Waals surface area (Å²) < 4.78 is 55.0. The largest absolute Gasteiger partial charge is 0.375 e. The van der Waals surface area contributed by atoms with E-state index in [0.29, 0.717) is 19.4 Å². The highest BCUT2D eigenvalue weighted by Gasteiger charge is 2.41. The fourth-order valence-corrected chi connectivity index (χ4v) is 1.91. The first-order valence-corrected chi connectivity index (χ1v) is 5.82. The zero-order valence-corrected chi connectivity index (χ0v) is 10.1. The molecule has 1 fully saturated rings. The first-order chi connectivity index (χ1) is 7.79. The Morgan fingerprint density at radius 2 is 2.12 bits per heavy atom. The Labute approximate surface area is 98.7 Å². The van der Waals surface area contributed by atoms with Crippen LogP contribution in [0.4, 0.5) is 17.6 Å². The lowest BCUT2D eigenvalue weighted by molar-refractivity contribution is -0.131. The Balaban J connectivity index is 2.42. The highest BCUT2D eigenvalue weighted by atomic mass is 19.3. The average molecular weight is 257 g/mol. The minimum atomic E-state index is -3.96. The third-order valence-electron chi connectivity index (χ3n) is 3.29. The highest BCUT2D eigenvalue weighted by Crippen LogP contribution is 2.28. The van der Waals surface area contributed by atoms with E-state index in [0.717, 1.165) is 6.42 Å². The van der Waals surface area contributed by atoms with Crippen LogP contribution in [0.25, 0.3) is 0 Å². The number of hydrogen-bond donors (Lipinski definition) is 1. The van der Waals surface area contributed by atoms with E-state index in [2.05, 4.69) is 5.32 Å². The van der Waals surface area contributed by atoms with Crippen LogP contribution in [0.1, 0.15) is 33.1 Å². The molecule has 102 valence electrons. The maximum absolute atomic E-state index is 12.7. The van der Waals surface area contributed by atoms with Gasteiger partial charge in [-0.25, -0.2) is 8.78 Å². The van der Waals surface area contributed by atoms with Gasteiger partial charge in [-0.2, -0.15) is 8.78 Å². The molecule has 17 heavy (non-hydrogen) atoms. The van der Waals surface area contributed by atoms with Crippen LogP contribution in [0.15, 0.2) is 0 Å². The normalized spacial score (nSPS) is 30.9. The van der Waals surface area contributed by atoms with E-state index in [9.17, 15) is 17.6 Å². The molecular weight excluding hydrogens is 238 g/mol. The van der Waals surface area contributed by atoms with Crippen molar-refractivity contribution in [1.82, 2.24) is 5.32 Å². The molecule has 2 unspecified atom stereocenters. The van der Waals surface area contributed by atoms with Crippen LogP contribution < -0.4 is 5.32 Å². The smallest absolute Gasteiger partial charge is 0.319 e. The van der Waals surface area contributed by atoms with Gasteiger partial charge in [0, 0.05) is 12.6 Å². The van der Waals surface area contributed by atoms with E-state index >= 15 is 0 Å². The van der Waals surface area contributed by atoms with E-state index in [1.165, 1.54) is 0 Å². The Kier molecular flexibility index (Phi) is 4.77. The topological polar surface area (TPSA) is 21.3 Å². The van der Waals surface area contributed by atoms with Gasteiger partial charge in [-0.1, -0.05) is 6.92 Å². The first kappa shape index (κ1) is 14.7. The predicted molar refractivity (Wildman–Crippen MR) is 56.6 cm³/mol. The van der Waals surface area contributed by atoms with Gasteiger partial charge in [0.1, 0.15) is 0 Å². The average Bonchev–Trinajstić information content (AvgIpc) is 2.27. The van der Waals surface area contributed by atoms with Crippen molar-refractivity contribution in [2.75, 3.05) is 13.2 Å². The Bertz CT molecular complexity index is 250. The SMILES string of the molecule is CCC1(C)CC(NCC(F)(F)C(F)F)CCO1. The number of rotatable bonds is 5. The quantitative estimate of drug-likeness (QED) is 0.765. The summed E-state index contributed by atoms with van der Waals surface area (Å²) in [6, 6.07) is -0.182. The highest BCUT2D eigenvalue weighted by molar-refractivity contribution is 4.87. The van der Waals surface area contributed by atoms with E-state index < -0.39 is 18.9 Å². The van der Waals surface area contributed by atoms with Crippen LogP contribution in [-0.4, -0.2) is 37.1 Å². The van der Waals surface area contributed by atoms with Crippen LogP contribution in [0.3, 0.4) is 0 Å². The molecule has 0 saturated carbocycles. The Morgan fingerprint density at radius 1 is 1.47 bits per heavy atom. The first-order valence-electron chi connectivity index (χ1n) is 5.82. The van der Waals surface area contributed by atoms with Crippen molar-refractivity contribution in [2.45, 2.75) is 57.1 Å². The molecule has 2 atom stereocenters. The number of halogens is 4. The molecule has 0 bridgehead atoms. The summed E-state index contributed by atoms with van der Waals surface area (Å²) in [7, 11) is 0. The molecule has 0 radical (unpaired) electrons. The van der Waals surface area contributed by atoms with E-state index in [4.69, 9.17) is 4.74 Å². The molecule has 0 spiro atoms. The predicted octanol–water partition coefficient (Wildman–Crippen LogP) is 2.82. The maximum Gasteiger partial charge on any atom is 0.319 e. The van der Waals surface area contributed by atoms with Gasteiger partial charge in [0.25, 0.3) is 0 Å².